The first kappa shape index (κ1) is 13.3. The molecule has 0 aliphatic rings. The lowest BCUT2D eigenvalue weighted by molar-refractivity contribution is 0.0727. The van der Waals surface area contributed by atoms with Crippen molar-refractivity contribution >= 4 is 5.91 Å². The van der Waals surface area contributed by atoms with Gasteiger partial charge in [-0.25, -0.2) is 4.98 Å². The molecule has 2 rings (SSSR count). The molecule has 1 atom stereocenters. The monoisotopic (exact) mass is 258 g/mol. The van der Waals surface area contributed by atoms with E-state index in [1.807, 2.05) is 24.3 Å². The minimum Gasteiger partial charge on any atom is -0.481 e. The Balaban J connectivity index is 2.02. The first-order chi connectivity index (χ1) is 9.08. The van der Waals surface area contributed by atoms with Crippen LogP contribution in [0.1, 0.15) is 37.0 Å². The number of imidazole rings is 1. The molecule has 1 aromatic carbocycles. The normalized spacial score (nSPS) is 12.4. The molecule has 0 aliphatic heterocycles. The minimum atomic E-state index is -0.543. The Bertz CT molecular complexity index is 530. The van der Waals surface area contributed by atoms with Crippen molar-refractivity contribution in [3.8, 4) is 5.75 Å². The zero-order valence-electron chi connectivity index (χ0n) is 11.4. The molecule has 0 saturated heterocycles. The van der Waals surface area contributed by atoms with Crippen molar-refractivity contribution in [2.24, 2.45) is 0 Å². The van der Waals surface area contributed by atoms with E-state index in [2.05, 4.69) is 18.8 Å². The van der Waals surface area contributed by atoms with Crippen LogP contribution >= 0.6 is 0 Å². The van der Waals surface area contributed by atoms with Crippen LogP contribution in [0.3, 0.4) is 0 Å². The van der Waals surface area contributed by atoms with Crippen molar-refractivity contribution in [1.82, 2.24) is 9.55 Å². The highest BCUT2D eigenvalue weighted by atomic mass is 16.5. The van der Waals surface area contributed by atoms with Crippen molar-refractivity contribution in [2.45, 2.75) is 32.8 Å². The van der Waals surface area contributed by atoms with E-state index in [-0.39, 0.29) is 5.91 Å². The van der Waals surface area contributed by atoms with Crippen molar-refractivity contribution < 1.29 is 9.53 Å². The third-order valence-electron chi connectivity index (χ3n) is 2.97. The molecule has 4 heteroatoms. The van der Waals surface area contributed by atoms with Gasteiger partial charge in [-0.2, -0.15) is 0 Å². The summed E-state index contributed by atoms with van der Waals surface area (Å²) in [5, 5.41) is 0. The van der Waals surface area contributed by atoms with Gasteiger partial charge in [-0.3, -0.25) is 9.36 Å². The van der Waals surface area contributed by atoms with Crippen LogP contribution in [0.2, 0.25) is 0 Å². The summed E-state index contributed by atoms with van der Waals surface area (Å²) in [5.74, 6) is 1.05. The van der Waals surface area contributed by atoms with Gasteiger partial charge in [0.25, 0.3) is 5.91 Å². The van der Waals surface area contributed by atoms with Crippen LogP contribution in [0.25, 0.3) is 0 Å². The molecule has 2 aromatic rings. The highest BCUT2D eigenvalue weighted by Gasteiger charge is 2.16. The SMILES string of the molecule is CC(Oc1ccc(C(C)C)cc1)C(=O)n1ccnc1. The Morgan fingerprint density at radius 3 is 2.42 bits per heavy atom. The number of ether oxygens (including phenoxy) is 1. The van der Waals surface area contributed by atoms with E-state index in [4.69, 9.17) is 4.74 Å². The summed E-state index contributed by atoms with van der Waals surface area (Å²) >= 11 is 0. The Hall–Kier alpha value is -2.10. The second-order valence-electron chi connectivity index (χ2n) is 4.79. The Morgan fingerprint density at radius 2 is 1.89 bits per heavy atom. The average Bonchev–Trinajstić information content (AvgIpc) is 2.92. The maximum atomic E-state index is 12.0. The van der Waals surface area contributed by atoms with E-state index in [1.165, 1.54) is 16.5 Å². The third-order valence-corrected chi connectivity index (χ3v) is 2.97. The van der Waals surface area contributed by atoms with E-state index < -0.39 is 6.10 Å². The van der Waals surface area contributed by atoms with Crippen LogP contribution in [-0.4, -0.2) is 21.6 Å². The van der Waals surface area contributed by atoms with E-state index in [0.29, 0.717) is 11.7 Å². The van der Waals surface area contributed by atoms with Crippen molar-refractivity contribution in [2.75, 3.05) is 0 Å². The lowest BCUT2D eigenvalue weighted by atomic mass is 10.0. The van der Waals surface area contributed by atoms with Gasteiger partial charge in [-0.15, -0.1) is 0 Å². The van der Waals surface area contributed by atoms with Gasteiger partial charge in [-0.1, -0.05) is 26.0 Å². The summed E-state index contributed by atoms with van der Waals surface area (Å²) in [6.45, 7) is 6.01. The fraction of sp³-hybridized carbons (Fsp3) is 0.333. The molecule has 0 radical (unpaired) electrons. The molecule has 0 fully saturated rings. The number of hydrogen-bond acceptors (Lipinski definition) is 3. The van der Waals surface area contributed by atoms with E-state index in [0.717, 1.165) is 0 Å². The maximum absolute atomic E-state index is 12.0. The summed E-state index contributed by atoms with van der Waals surface area (Å²) in [6.07, 6.45) is 4.12. The predicted octanol–water partition coefficient (Wildman–Crippen LogP) is 3.11. The Kier molecular flexibility index (Phi) is 4.00. The number of aromatic nitrogens is 2. The highest BCUT2D eigenvalue weighted by Crippen LogP contribution is 2.19. The molecule has 0 bridgehead atoms. The van der Waals surface area contributed by atoms with Gasteiger partial charge in [0.2, 0.25) is 0 Å². The molecule has 0 spiro atoms. The van der Waals surface area contributed by atoms with Crippen LogP contribution in [-0.2, 0) is 0 Å². The fourth-order valence-electron chi connectivity index (χ4n) is 1.79. The van der Waals surface area contributed by atoms with Crippen LogP contribution in [0.4, 0.5) is 0 Å². The fourth-order valence-corrected chi connectivity index (χ4v) is 1.79. The first-order valence-corrected chi connectivity index (χ1v) is 6.36. The predicted molar refractivity (Wildman–Crippen MR) is 73.5 cm³/mol. The standard InChI is InChI=1S/C15H18N2O2/c1-11(2)13-4-6-14(7-5-13)19-12(3)15(18)17-9-8-16-10-17/h4-12H,1-3H3. The molecular formula is C15H18N2O2. The van der Waals surface area contributed by atoms with Crippen LogP contribution < -0.4 is 4.74 Å². The Labute approximate surface area is 113 Å². The molecule has 0 saturated carbocycles. The van der Waals surface area contributed by atoms with Gasteiger partial charge in [0, 0.05) is 12.4 Å². The average molecular weight is 258 g/mol. The van der Waals surface area contributed by atoms with Gasteiger partial charge >= 0.3 is 0 Å². The van der Waals surface area contributed by atoms with Crippen molar-refractivity contribution in [1.29, 1.82) is 0 Å². The largest absolute Gasteiger partial charge is 0.481 e. The number of rotatable bonds is 4. The smallest absolute Gasteiger partial charge is 0.272 e. The van der Waals surface area contributed by atoms with Gasteiger partial charge < -0.3 is 4.74 Å². The number of nitrogens with zero attached hydrogens (tertiary/aromatic N) is 2. The summed E-state index contributed by atoms with van der Waals surface area (Å²) in [7, 11) is 0. The number of hydrogen-bond donors (Lipinski definition) is 0. The van der Waals surface area contributed by atoms with Crippen LogP contribution in [0.5, 0.6) is 5.75 Å². The highest BCUT2D eigenvalue weighted by molar-refractivity contribution is 5.83. The summed E-state index contributed by atoms with van der Waals surface area (Å²) in [4.78, 5) is 15.8. The molecule has 4 nitrogen and oxygen atoms in total. The molecule has 0 aliphatic carbocycles. The Morgan fingerprint density at radius 1 is 1.21 bits per heavy atom. The van der Waals surface area contributed by atoms with Gasteiger partial charge in [0.1, 0.15) is 12.1 Å². The number of carbonyl (C=O) groups excluding carboxylic acids is 1. The molecule has 1 unspecified atom stereocenters. The van der Waals surface area contributed by atoms with E-state index in [1.54, 1.807) is 19.3 Å². The first-order valence-electron chi connectivity index (χ1n) is 6.36. The lowest BCUT2D eigenvalue weighted by Crippen LogP contribution is -2.28. The second-order valence-corrected chi connectivity index (χ2v) is 4.79. The molecule has 19 heavy (non-hydrogen) atoms. The third kappa shape index (κ3) is 3.22. The molecule has 0 amide bonds. The zero-order chi connectivity index (χ0) is 13.8. The van der Waals surface area contributed by atoms with Crippen molar-refractivity contribution in [3.63, 3.8) is 0 Å². The lowest BCUT2D eigenvalue weighted by Gasteiger charge is -2.14. The van der Waals surface area contributed by atoms with E-state index in [9.17, 15) is 4.79 Å². The van der Waals surface area contributed by atoms with E-state index >= 15 is 0 Å². The molecule has 1 heterocycles. The molecule has 0 N–H and O–H groups in total. The van der Waals surface area contributed by atoms with Crippen LogP contribution in [0.15, 0.2) is 43.0 Å². The van der Waals surface area contributed by atoms with Crippen LogP contribution in [0, 0.1) is 0 Å². The maximum Gasteiger partial charge on any atom is 0.272 e. The second kappa shape index (κ2) is 5.69. The molecule has 100 valence electrons. The summed E-state index contributed by atoms with van der Waals surface area (Å²) < 4.78 is 7.06. The van der Waals surface area contributed by atoms with Gasteiger partial charge in [0.15, 0.2) is 6.10 Å². The number of benzene rings is 1. The zero-order valence-corrected chi connectivity index (χ0v) is 11.4. The quantitative estimate of drug-likeness (QED) is 0.846. The van der Waals surface area contributed by atoms with Gasteiger partial charge in [0.05, 0.1) is 0 Å². The topological polar surface area (TPSA) is 44.1 Å². The van der Waals surface area contributed by atoms with Gasteiger partial charge in [-0.05, 0) is 30.5 Å². The molecular weight excluding hydrogens is 240 g/mol. The minimum absolute atomic E-state index is 0.134. The molecule has 1 aromatic heterocycles. The number of carbonyl (C=O) groups is 1. The summed E-state index contributed by atoms with van der Waals surface area (Å²) in [5.41, 5.74) is 1.25. The summed E-state index contributed by atoms with van der Waals surface area (Å²) in [6, 6.07) is 7.84. The van der Waals surface area contributed by atoms with Crippen molar-refractivity contribution in [3.05, 3.63) is 48.5 Å².